The molecule has 0 spiro atoms. The zero-order valence-electron chi connectivity index (χ0n) is 13.1. The molecule has 0 aliphatic carbocycles. The average Bonchev–Trinajstić information content (AvgIpc) is 3.05. The van der Waals surface area contributed by atoms with Crippen molar-refractivity contribution in [3.05, 3.63) is 65.1 Å². The molecule has 3 rings (SSSR count). The van der Waals surface area contributed by atoms with Crippen molar-refractivity contribution in [1.82, 2.24) is 4.90 Å². The molecule has 0 fully saturated rings. The van der Waals surface area contributed by atoms with Gasteiger partial charge in [0.2, 0.25) is 5.91 Å². The molecular formula is C18H16FN3O2. The van der Waals surface area contributed by atoms with Crippen LogP contribution in [0, 0.1) is 5.82 Å². The normalized spacial score (nSPS) is 19.5. The Hall–Kier alpha value is -3.02. The van der Waals surface area contributed by atoms with Crippen molar-refractivity contribution in [3.63, 3.8) is 0 Å². The Labute approximate surface area is 138 Å². The molecule has 2 heterocycles. The first kappa shape index (κ1) is 15.9. The molecule has 24 heavy (non-hydrogen) atoms. The molecule has 2 aliphatic rings. The van der Waals surface area contributed by atoms with Crippen molar-refractivity contribution >= 4 is 23.6 Å². The van der Waals surface area contributed by atoms with E-state index in [4.69, 9.17) is 5.73 Å². The SMILES string of the molecule is C/C=C/CN1C=C(c2cc(C(N)=O)ccc2F)C2=CC=NC2C1=O. The summed E-state index contributed by atoms with van der Waals surface area (Å²) in [5.41, 5.74) is 6.88. The molecule has 1 unspecified atom stereocenters. The molecule has 2 N–H and O–H groups in total. The summed E-state index contributed by atoms with van der Waals surface area (Å²) < 4.78 is 14.4. The van der Waals surface area contributed by atoms with Gasteiger partial charge in [0.15, 0.2) is 6.04 Å². The number of aliphatic imine (C=N–C) groups is 1. The van der Waals surface area contributed by atoms with Crippen molar-refractivity contribution in [2.45, 2.75) is 13.0 Å². The zero-order chi connectivity index (χ0) is 17.3. The van der Waals surface area contributed by atoms with E-state index >= 15 is 0 Å². The fourth-order valence-electron chi connectivity index (χ4n) is 2.74. The minimum atomic E-state index is -0.674. The maximum Gasteiger partial charge on any atom is 0.256 e. The number of rotatable bonds is 4. The summed E-state index contributed by atoms with van der Waals surface area (Å²) in [6, 6.07) is 3.27. The van der Waals surface area contributed by atoms with Gasteiger partial charge in [-0.15, -0.1) is 0 Å². The minimum Gasteiger partial charge on any atom is -0.366 e. The lowest BCUT2D eigenvalue weighted by molar-refractivity contribution is -0.128. The Bertz CT molecular complexity index is 837. The van der Waals surface area contributed by atoms with E-state index in [1.54, 1.807) is 18.5 Å². The molecular weight excluding hydrogens is 309 g/mol. The smallest absolute Gasteiger partial charge is 0.256 e. The predicted octanol–water partition coefficient (Wildman–Crippen LogP) is 2.06. The molecule has 0 aromatic heterocycles. The Kier molecular flexibility index (Phi) is 4.12. The van der Waals surface area contributed by atoms with Crippen LogP contribution in [0.25, 0.3) is 5.57 Å². The summed E-state index contributed by atoms with van der Waals surface area (Å²) in [6.07, 6.45) is 8.50. The number of hydrogen-bond acceptors (Lipinski definition) is 3. The van der Waals surface area contributed by atoms with Crippen LogP contribution in [0.5, 0.6) is 0 Å². The van der Waals surface area contributed by atoms with Gasteiger partial charge < -0.3 is 10.6 Å². The number of nitrogens with zero attached hydrogens (tertiary/aromatic N) is 2. The van der Waals surface area contributed by atoms with Crippen LogP contribution in [-0.4, -0.2) is 35.5 Å². The summed E-state index contributed by atoms with van der Waals surface area (Å²) >= 11 is 0. The first-order valence-corrected chi connectivity index (χ1v) is 7.50. The predicted molar refractivity (Wildman–Crippen MR) is 89.8 cm³/mol. The Morgan fingerprint density at radius 1 is 1.46 bits per heavy atom. The van der Waals surface area contributed by atoms with Crippen LogP contribution in [0.1, 0.15) is 22.8 Å². The van der Waals surface area contributed by atoms with Gasteiger partial charge in [0.05, 0.1) is 0 Å². The van der Waals surface area contributed by atoms with Crippen LogP contribution in [-0.2, 0) is 4.79 Å². The molecule has 0 saturated carbocycles. The van der Waals surface area contributed by atoms with E-state index < -0.39 is 17.8 Å². The molecule has 6 heteroatoms. The monoisotopic (exact) mass is 325 g/mol. The second kappa shape index (κ2) is 6.23. The van der Waals surface area contributed by atoms with Crippen LogP contribution in [0.15, 0.2) is 53.2 Å². The number of primary amides is 1. The summed E-state index contributed by atoms with van der Waals surface area (Å²) in [5, 5.41) is 0. The molecule has 0 radical (unpaired) electrons. The highest BCUT2D eigenvalue weighted by Crippen LogP contribution is 2.35. The number of fused-ring (bicyclic) bond motifs is 1. The summed E-state index contributed by atoms with van der Waals surface area (Å²) in [4.78, 5) is 29.5. The Morgan fingerprint density at radius 2 is 2.25 bits per heavy atom. The van der Waals surface area contributed by atoms with Gasteiger partial charge in [0, 0.05) is 35.7 Å². The topological polar surface area (TPSA) is 75.8 Å². The lowest BCUT2D eigenvalue weighted by Gasteiger charge is -2.29. The lowest BCUT2D eigenvalue weighted by Crippen LogP contribution is -2.39. The molecule has 0 bridgehead atoms. The Balaban J connectivity index is 2.12. The van der Waals surface area contributed by atoms with Gasteiger partial charge in [-0.2, -0.15) is 0 Å². The second-order valence-corrected chi connectivity index (χ2v) is 5.48. The van der Waals surface area contributed by atoms with Gasteiger partial charge in [-0.1, -0.05) is 12.2 Å². The fourth-order valence-corrected chi connectivity index (χ4v) is 2.74. The van der Waals surface area contributed by atoms with Gasteiger partial charge in [0.1, 0.15) is 5.82 Å². The van der Waals surface area contributed by atoms with Crippen LogP contribution >= 0.6 is 0 Å². The highest BCUT2D eigenvalue weighted by molar-refractivity contribution is 6.04. The number of carbonyl (C=O) groups excluding carboxylic acids is 2. The van der Waals surface area contributed by atoms with E-state index in [2.05, 4.69) is 4.99 Å². The summed E-state index contributed by atoms with van der Waals surface area (Å²) in [5.74, 6) is -1.29. The van der Waals surface area contributed by atoms with Crippen LogP contribution in [0.4, 0.5) is 4.39 Å². The minimum absolute atomic E-state index is 0.164. The maximum atomic E-state index is 14.4. The quantitative estimate of drug-likeness (QED) is 0.860. The average molecular weight is 325 g/mol. The van der Waals surface area contributed by atoms with Gasteiger partial charge in [0.25, 0.3) is 5.91 Å². The molecule has 5 nitrogen and oxygen atoms in total. The number of allylic oxidation sites excluding steroid dienone is 2. The third-order valence-corrected chi connectivity index (χ3v) is 3.98. The van der Waals surface area contributed by atoms with Crippen LogP contribution in [0.2, 0.25) is 0 Å². The van der Waals surface area contributed by atoms with Gasteiger partial charge in [-0.3, -0.25) is 14.6 Å². The van der Waals surface area contributed by atoms with E-state index in [9.17, 15) is 14.0 Å². The van der Waals surface area contributed by atoms with Crippen molar-refractivity contribution in [3.8, 4) is 0 Å². The fraction of sp³-hybridized carbons (Fsp3) is 0.167. The second-order valence-electron chi connectivity index (χ2n) is 5.48. The molecule has 1 aromatic carbocycles. The van der Waals surface area contributed by atoms with E-state index in [1.807, 2.05) is 19.1 Å². The van der Waals surface area contributed by atoms with Gasteiger partial charge in [-0.25, -0.2) is 4.39 Å². The molecule has 1 atom stereocenters. The summed E-state index contributed by atoms with van der Waals surface area (Å²) in [7, 11) is 0. The van der Waals surface area contributed by atoms with Crippen LogP contribution in [0.3, 0.4) is 0 Å². The molecule has 2 aliphatic heterocycles. The van der Waals surface area contributed by atoms with Gasteiger partial charge in [-0.05, 0) is 36.8 Å². The molecule has 122 valence electrons. The van der Waals surface area contributed by atoms with E-state index in [1.165, 1.54) is 23.1 Å². The van der Waals surface area contributed by atoms with E-state index in [0.717, 1.165) is 0 Å². The van der Waals surface area contributed by atoms with Crippen molar-refractivity contribution in [1.29, 1.82) is 0 Å². The van der Waals surface area contributed by atoms with Crippen molar-refractivity contribution < 1.29 is 14.0 Å². The Morgan fingerprint density at radius 3 is 2.96 bits per heavy atom. The number of halogens is 1. The zero-order valence-corrected chi connectivity index (χ0v) is 13.1. The largest absolute Gasteiger partial charge is 0.366 e. The maximum absolute atomic E-state index is 14.4. The molecule has 2 amide bonds. The third kappa shape index (κ3) is 2.67. The number of hydrogen-bond donors (Lipinski definition) is 1. The standard InChI is InChI=1S/C18H16FN3O2/c1-2-3-8-22-10-14(12-6-7-21-16(12)18(22)24)13-9-11(17(20)23)4-5-15(13)19/h2-7,9-10,16H,8H2,1H3,(H2,20,23)/b3-2+. The first-order chi connectivity index (χ1) is 11.5. The third-order valence-electron chi connectivity index (χ3n) is 3.98. The highest BCUT2D eigenvalue weighted by atomic mass is 19.1. The number of carbonyl (C=O) groups is 2. The van der Waals surface area contributed by atoms with Crippen molar-refractivity contribution in [2.75, 3.05) is 6.54 Å². The number of benzene rings is 1. The molecule has 1 aromatic rings. The van der Waals surface area contributed by atoms with E-state index in [0.29, 0.717) is 17.7 Å². The molecule has 0 saturated heterocycles. The number of nitrogens with two attached hydrogens (primary N) is 1. The lowest BCUT2D eigenvalue weighted by atomic mass is 9.89. The van der Waals surface area contributed by atoms with Crippen LogP contribution < -0.4 is 5.73 Å². The van der Waals surface area contributed by atoms with Gasteiger partial charge >= 0.3 is 0 Å². The van der Waals surface area contributed by atoms with E-state index in [-0.39, 0.29) is 17.0 Å². The van der Waals surface area contributed by atoms with Crippen molar-refractivity contribution in [2.24, 2.45) is 10.7 Å². The first-order valence-electron chi connectivity index (χ1n) is 7.50. The summed E-state index contributed by atoms with van der Waals surface area (Å²) in [6.45, 7) is 2.23. The highest BCUT2D eigenvalue weighted by Gasteiger charge is 2.35. The number of amides is 2.